The number of fused-ring (bicyclic) bond motifs is 5. The van der Waals surface area contributed by atoms with E-state index < -0.39 is 58.6 Å². The molecule has 1 unspecified atom stereocenters. The molecule has 0 aromatic heterocycles. The fourth-order valence-corrected chi connectivity index (χ4v) is 5.42. The number of rotatable bonds is 1. The highest BCUT2D eigenvalue weighted by Crippen LogP contribution is 2.73. The molecule has 2 aliphatic carbocycles. The largest absolute Gasteiger partial charge is 0.418 e. The molecule has 0 bridgehead atoms. The number of hydrogen-bond acceptors (Lipinski definition) is 1. The summed E-state index contributed by atoms with van der Waals surface area (Å²) in [6.45, 7) is 2.40. The van der Waals surface area contributed by atoms with Crippen molar-refractivity contribution in [1.29, 1.82) is 0 Å². The molecule has 0 heterocycles. The highest BCUT2D eigenvalue weighted by atomic mass is 19.4. The van der Waals surface area contributed by atoms with Gasteiger partial charge in [-0.15, -0.1) is 0 Å². The molecule has 0 amide bonds. The summed E-state index contributed by atoms with van der Waals surface area (Å²) in [5.74, 6) is -1.63. The Hall–Kier alpha value is -2.23. The first-order valence-corrected chi connectivity index (χ1v) is 9.72. The topological polar surface area (TPSA) is 20.2 Å². The molecule has 10 heteroatoms. The molecule has 2 aromatic rings. The van der Waals surface area contributed by atoms with Crippen LogP contribution in [-0.2, 0) is 30.6 Å². The zero-order valence-corrected chi connectivity index (χ0v) is 16.7. The Kier molecular flexibility index (Phi) is 4.61. The van der Waals surface area contributed by atoms with Crippen LogP contribution in [0.4, 0.5) is 39.5 Å². The fraction of sp³-hybridized carbons (Fsp3) is 0.455. The summed E-state index contributed by atoms with van der Waals surface area (Å²) < 4.78 is 123. The quantitative estimate of drug-likeness (QED) is 0.463. The van der Waals surface area contributed by atoms with E-state index in [1.54, 1.807) is 0 Å². The minimum atomic E-state index is -5.19. The van der Waals surface area contributed by atoms with Gasteiger partial charge < -0.3 is 5.11 Å². The summed E-state index contributed by atoms with van der Waals surface area (Å²) in [6.07, 6.45) is -15.6. The van der Waals surface area contributed by atoms with Crippen molar-refractivity contribution in [1.82, 2.24) is 0 Å². The van der Waals surface area contributed by atoms with E-state index in [-0.39, 0.29) is 28.7 Å². The maximum Gasteiger partial charge on any atom is 0.418 e. The highest BCUT2D eigenvalue weighted by molar-refractivity contribution is 5.79. The molecule has 0 saturated heterocycles. The SMILES string of the molecule is CCc1c(C(F)(F)F)ccc2c1[C@]1(C)[C@H](Cc3cc(C(F)(F)F)ccc3-2)C1(O)C(F)(F)F. The molecular weight excluding hydrogens is 451 g/mol. The van der Waals surface area contributed by atoms with Crippen LogP contribution in [0.25, 0.3) is 11.1 Å². The number of benzene rings is 2. The molecule has 32 heavy (non-hydrogen) atoms. The third-order valence-corrected chi connectivity index (χ3v) is 6.98. The lowest BCUT2D eigenvalue weighted by Crippen LogP contribution is -2.39. The summed E-state index contributed by atoms with van der Waals surface area (Å²) in [4.78, 5) is 0. The average molecular weight is 468 g/mol. The second-order valence-electron chi connectivity index (χ2n) is 8.46. The van der Waals surface area contributed by atoms with Gasteiger partial charge in [0.05, 0.1) is 11.1 Å². The van der Waals surface area contributed by atoms with Crippen LogP contribution in [0.2, 0.25) is 0 Å². The Morgan fingerprint density at radius 1 is 0.906 bits per heavy atom. The number of halogens is 9. The molecule has 2 aromatic carbocycles. The van der Waals surface area contributed by atoms with E-state index >= 15 is 0 Å². The summed E-state index contributed by atoms with van der Waals surface area (Å²) in [5.41, 5.74) is -8.41. The van der Waals surface area contributed by atoms with Crippen molar-refractivity contribution in [3.63, 3.8) is 0 Å². The van der Waals surface area contributed by atoms with Crippen LogP contribution in [0.15, 0.2) is 30.3 Å². The van der Waals surface area contributed by atoms with Crippen molar-refractivity contribution in [2.45, 2.75) is 56.2 Å². The molecular formula is C22H17F9O. The van der Waals surface area contributed by atoms with E-state index in [2.05, 4.69) is 0 Å². The van der Waals surface area contributed by atoms with E-state index in [4.69, 9.17) is 0 Å². The lowest BCUT2D eigenvalue weighted by atomic mass is 9.80. The van der Waals surface area contributed by atoms with Crippen molar-refractivity contribution >= 4 is 0 Å². The maximum absolute atomic E-state index is 14.0. The van der Waals surface area contributed by atoms with Crippen LogP contribution in [0.1, 0.15) is 41.7 Å². The van der Waals surface area contributed by atoms with Gasteiger partial charge in [-0.1, -0.05) is 26.0 Å². The first-order valence-electron chi connectivity index (χ1n) is 9.72. The van der Waals surface area contributed by atoms with Crippen molar-refractivity contribution < 1.29 is 44.6 Å². The predicted molar refractivity (Wildman–Crippen MR) is 96.8 cm³/mol. The Morgan fingerprint density at radius 3 is 2.00 bits per heavy atom. The Balaban J connectivity index is 2.09. The van der Waals surface area contributed by atoms with Gasteiger partial charge in [-0.2, -0.15) is 39.5 Å². The van der Waals surface area contributed by atoms with Crippen molar-refractivity contribution in [2.75, 3.05) is 0 Å². The molecule has 4 rings (SSSR count). The van der Waals surface area contributed by atoms with Crippen molar-refractivity contribution in [3.8, 4) is 11.1 Å². The Labute approximate surface area is 176 Å². The molecule has 2 aliphatic rings. The van der Waals surface area contributed by atoms with Gasteiger partial charge in [-0.3, -0.25) is 0 Å². The molecule has 174 valence electrons. The van der Waals surface area contributed by atoms with Gasteiger partial charge in [0.2, 0.25) is 0 Å². The zero-order chi connectivity index (χ0) is 24.1. The van der Waals surface area contributed by atoms with Crippen LogP contribution < -0.4 is 0 Å². The van der Waals surface area contributed by atoms with Crippen molar-refractivity contribution in [3.05, 3.63) is 58.1 Å². The lowest BCUT2D eigenvalue weighted by molar-refractivity contribution is -0.230. The van der Waals surface area contributed by atoms with Crippen LogP contribution in [0.5, 0.6) is 0 Å². The predicted octanol–water partition coefficient (Wildman–Crippen LogP) is 6.69. The normalized spacial score (nSPS) is 27.3. The maximum atomic E-state index is 14.0. The average Bonchev–Trinajstić information content (AvgIpc) is 3.19. The summed E-state index contributed by atoms with van der Waals surface area (Å²) in [5, 5.41) is 10.7. The number of aliphatic hydroxyl groups is 1. The first-order chi connectivity index (χ1) is 14.5. The lowest BCUT2D eigenvalue weighted by Gasteiger charge is -2.28. The molecule has 1 saturated carbocycles. The molecule has 1 nitrogen and oxygen atoms in total. The number of alkyl halides is 9. The zero-order valence-electron chi connectivity index (χ0n) is 16.7. The third kappa shape index (κ3) is 2.84. The van der Waals surface area contributed by atoms with Gasteiger partial charge in [-0.25, -0.2) is 0 Å². The van der Waals surface area contributed by atoms with Crippen LogP contribution in [-0.4, -0.2) is 16.9 Å². The minimum absolute atomic E-state index is 0.0243. The van der Waals surface area contributed by atoms with E-state index in [0.717, 1.165) is 31.2 Å². The van der Waals surface area contributed by atoms with Gasteiger partial charge in [-0.05, 0) is 58.9 Å². The fourth-order valence-electron chi connectivity index (χ4n) is 5.42. The minimum Gasteiger partial charge on any atom is -0.379 e. The van der Waals surface area contributed by atoms with E-state index in [0.29, 0.717) is 6.07 Å². The van der Waals surface area contributed by atoms with Gasteiger partial charge in [0.15, 0.2) is 5.60 Å². The monoisotopic (exact) mass is 468 g/mol. The van der Waals surface area contributed by atoms with Crippen molar-refractivity contribution in [2.24, 2.45) is 5.92 Å². The first kappa shape index (κ1) is 22.9. The van der Waals surface area contributed by atoms with E-state index in [1.165, 1.54) is 6.92 Å². The Morgan fingerprint density at radius 2 is 1.50 bits per heavy atom. The van der Waals surface area contributed by atoms with Crippen LogP contribution in [0.3, 0.4) is 0 Å². The van der Waals surface area contributed by atoms with Gasteiger partial charge >= 0.3 is 18.5 Å². The molecule has 1 N–H and O–H groups in total. The number of hydrogen-bond donors (Lipinski definition) is 1. The standard InChI is InChI=1S/C22H17F9O/c1-3-12-15(21(26,27)28)7-6-14-13-5-4-11(20(23,24)25)8-10(13)9-16-18(2,17(12)14)19(16,32)22(29,30)31/h4-8,16,32H,3,9H2,1-2H3/t16-,18-,19?/m0/s1. The summed E-state index contributed by atoms with van der Waals surface area (Å²) >= 11 is 0. The molecule has 0 spiro atoms. The third-order valence-electron chi connectivity index (χ3n) is 6.98. The molecule has 0 radical (unpaired) electrons. The molecule has 1 fully saturated rings. The second kappa shape index (κ2) is 6.42. The smallest absolute Gasteiger partial charge is 0.379 e. The molecule has 0 aliphatic heterocycles. The van der Waals surface area contributed by atoms with Crippen LogP contribution >= 0.6 is 0 Å². The highest BCUT2D eigenvalue weighted by Gasteiger charge is 2.86. The molecule has 3 atom stereocenters. The van der Waals surface area contributed by atoms with Gasteiger partial charge in [0, 0.05) is 11.3 Å². The Bertz CT molecular complexity index is 1100. The van der Waals surface area contributed by atoms with Gasteiger partial charge in [0.25, 0.3) is 0 Å². The summed E-state index contributed by atoms with van der Waals surface area (Å²) in [7, 11) is 0. The van der Waals surface area contributed by atoms with E-state index in [1.807, 2.05) is 0 Å². The van der Waals surface area contributed by atoms with Crippen LogP contribution in [0, 0.1) is 5.92 Å². The van der Waals surface area contributed by atoms with Gasteiger partial charge in [0.1, 0.15) is 0 Å². The van der Waals surface area contributed by atoms with E-state index in [9.17, 15) is 44.6 Å². The summed E-state index contributed by atoms with van der Waals surface area (Å²) in [6, 6.07) is 4.26. The second-order valence-corrected chi connectivity index (χ2v) is 8.46.